The van der Waals surface area contributed by atoms with Crippen LogP contribution in [0.25, 0.3) is 82.1 Å². The van der Waals surface area contributed by atoms with Gasteiger partial charge in [0.15, 0.2) is 5.65 Å². The summed E-state index contributed by atoms with van der Waals surface area (Å²) in [6.45, 7) is 0. The van der Waals surface area contributed by atoms with Crippen molar-refractivity contribution in [1.29, 1.82) is 0 Å². The van der Waals surface area contributed by atoms with E-state index in [-0.39, 0.29) is 0 Å². The Kier molecular flexibility index (Phi) is 2.78. The Labute approximate surface area is 192 Å². The molecule has 0 bridgehead atoms. The van der Waals surface area contributed by atoms with E-state index in [0.29, 0.717) is 0 Å². The molecule has 5 aromatic carbocycles. The monoisotopic (exact) mass is 433 g/mol. The number of furan rings is 1. The van der Waals surface area contributed by atoms with Crippen molar-refractivity contribution in [2.24, 2.45) is 0 Å². The van der Waals surface area contributed by atoms with Crippen LogP contribution in [0, 0.1) is 0 Å². The van der Waals surface area contributed by atoms with Gasteiger partial charge in [0, 0.05) is 33.0 Å². The van der Waals surface area contributed by atoms with Crippen LogP contribution in [0.3, 0.4) is 0 Å². The summed E-state index contributed by atoms with van der Waals surface area (Å²) < 4.78 is 8.50. The summed E-state index contributed by atoms with van der Waals surface area (Å²) >= 11 is 0. The van der Waals surface area contributed by atoms with E-state index in [2.05, 4.69) is 83.3 Å². The fourth-order valence-electron chi connectivity index (χ4n) is 5.76. The summed E-state index contributed by atoms with van der Waals surface area (Å²) in [6, 6.07) is 31.8. The molecule has 0 spiro atoms. The van der Waals surface area contributed by atoms with E-state index in [1.54, 1.807) is 0 Å². The van der Waals surface area contributed by atoms with Crippen molar-refractivity contribution in [2.45, 2.75) is 0 Å². The minimum Gasteiger partial charge on any atom is -0.456 e. The topological polar surface area (TPSA) is 43.3 Å². The molecule has 156 valence electrons. The first-order valence-corrected chi connectivity index (χ1v) is 11.4. The number of hydrogen-bond donors (Lipinski definition) is 0. The van der Waals surface area contributed by atoms with Crippen LogP contribution in [0.1, 0.15) is 0 Å². The Morgan fingerprint density at radius 1 is 0.559 bits per heavy atom. The van der Waals surface area contributed by atoms with E-state index in [4.69, 9.17) is 14.4 Å². The molecule has 4 aromatic heterocycles. The number of para-hydroxylation sites is 2. The van der Waals surface area contributed by atoms with E-state index in [1.165, 1.54) is 27.1 Å². The third-order valence-electron chi connectivity index (χ3n) is 7.27. The molecule has 0 atom stereocenters. The van der Waals surface area contributed by atoms with Gasteiger partial charge in [-0.25, -0.2) is 9.97 Å². The molecule has 0 amide bonds. The lowest BCUT2D eigenvalue weighted by molar-refractivity contribution is 0.669. The van der Waals surface area contributed by atoms with E-state index < -0.39 is 0 Å². The Morgan fingerprint density at radius 3 is 2.18 bits per heavy atom. The van der Waals surface area contributed by atoms with Crippen molar-refractivity contribution < 1.29 is 4.42 Å². The molecule has 0 aliphatic carbocycles. The first-order valence-electron chi connectivity index (χ1n) is 11.4. The highest BCUT2D eigenvalue weighted by molar-refractivity contribution is 6.25. The predicted molar refractivity (Wildman–Crippen MR) is 139 cm³/mol. The van der Waals surface area contributed by atoms with Crippen LogP contribution in [-0.4, -0.2) is 14.4 Å². The van der Waals surface area contributed by atoms with Crippen LogP contribution in [0.15, 0.2) is 95.4 Å². The second-order valence-corrected chi connectivity index (χ2v) is 9.08. The molecule has 0 unspecified atom stereocenters. The van der Waals surface area contributed by atoms with Gasteiger partial charge in [0.25, 0.3) is 0 Å². The van der Waals surface area contributed by atoms with Crippen molar-refractivity contribution >= 4 is 82.1 Å². The highest BCUT2D eigenvalue weighted by Crippen LogP contribution is 2.41. The smallest absolute Gasteiger partial charge is 0.165 e. The van der Waals surface area contributed by atoms with Gasteiger partial charge in [-0.05, 0) is 35.0 Å². The molecule has 34 heavy (non-hydrogen) atoms. The fraction of sp³-hybridized carbons (Fsp3) is 0. The van der Waals surface area contributed by atoms with Crippen LogP contribution in [0.5, 0.6) is 0 Å². The highest BCUT2D eigenvalue weighted by atomic mass is 16.3. The van der Waals surface area contributed by atoms with Crippen molar-refractivity contribution in [2.75, 3.05) is 0 Å². The SMILES string of the molecule is c1ccc2cc3nc4c(nc3cc2c1)c1cccc2c3cc5c(cc3n4c21)oc1ccccc15. The van der Waals surface area contributed by atoms with Crippen molar-refractivity contribution in [1.82, 2.24) is 14.4 Å². The standard InChI is InChI=1S/C30H15N3O/c1-2-7-17-13-24-23(12-16(17)6-1)31-28-20-10-5-9-19-21-14-22-18-8-3-4-11-26(18)34-27(22)15-25(21)33(29(19)20)30(28)32-24/h1-15H. The molecule has 4 nitrogen and oxygen atoms in total. The van der Waals surface area contributed by atoms with Gasteiger partial charge in [-0.3, -0.25) is 4.40 Å². The van der Waals surface area contributed by atoms with Crippen LogP contribution < -0.4 is 0 Å². The molecule has 0 saturated heterocycles. The molecule has 0 aliphatic rings. The lowest BCUT2D eigenvalue weighted by Gasteiger charge is -2.03. The number of nitrogens with zero attached hydrogens (tertiary/aromatic N) is 3. The Balaban J connectivity index is 1.52. The third kappa shape index (κ3) is 1.92. The zero-order valence-electron chi connectivity index (χ0n) is 17.9. The minimum atomic E-state index is 0.888. The number of benzene rings is 5. The van der Waals surface area contributed by atoms with E-state index in [9.17, 15) is 0 Å². The largest absolute Gasteiger partial charge is 0.456 e. The number of fused-ring (bicyclic) bond motifs is 11. The van der Waals surface area contributed by atoms with Crippen molar-refractivity contribution in [3.63, 3.8) is 0 Å². The van der Waals surface area contributed by atoms with Gasteiger partial charge in [0.05, 0.1) is 22.1 Å². The molecule has 0 fully saturated rings. The molecule has 0 aliphatic heterocycles. The number of rotatable bonds is 0. The second-order valence-electron chi connectivity index (χ2n) is 9.08. The first-order chi connectivity index (χ1) is 16.8. The maximum atomic E-state index is 6.23. The molecule has 9 rings (SSSR count). The van der Waals surface area contributed by atoms with Gasteiger partial charge in [-0.1, -0.05) is 60.7 Å². The van der Waals surface area contributed by atoms with E-state index >= 15 is 0 Å². The summed E-state index contributed by atoms with van der Waals surface area (Å²) in [6.07, 6.45) is 0. The van der Waals surface area contributed by atoms with Gasteiger partial charge in [-0.15, -0.1) is 0 Å². The van der Waals surface area contributed by atoms with E-state index in [1.807, 2.05) is 12.1 Å². The number of hydrogen-bond acceptors (Lipinski definition) is 3. The van der Waals surface area contributed by atoms with Crippen LogP contribution in [0.2, 0.25) is 0 Å². The molecule has 0 saturated carbocycles. The summed E-state index contributed by atoms with van der Waals surface area (Å²) in [5.74, 6) is 0. The van der Waals surface area contributed by atoms with Gasteiger partial charge < -0.3 is 4.42 Å². The third-order valence-corrected chi connectivity index (χ3v) is 7.27. The average molecular weight is 433 g/mol. The fourth-order valence-corrected chi connectivity index (χ4v) is 5.76. The minimum absolute atomic E-state index is 0.888. The van der Waals surface area contributed by atoms with Crippen molar-refractivity contribution in [3.05, 3.63) is 91.0 Å². The summed E-state index contributed by atoms with van der Waals surface area (Å²) in [4.78, 5) is 10.3. The van der Waals surface area contributed by atoms with Gasteiger partial charge in [0.1, 0.15) is 16.7 Å². The lowest BCUT2D eigenvalue weighted by atomic mass is 10.1. The second kappa shape index (κ2) is 5.61. The van der Waals surface area contributed by atoms with Crippen molar-refractivity contribution in [3.8, 4) is 0 Å². The normalized spacial score (nSPS) is 12.7. The van der Waals surface area contributed by atoms with Gasteiger partial charge in [-0.2, -0.15) is 0 Å². The Bertz CT molecular complexity index is 2290. The lowest BCUT2D eigenvalue weighted by Crippen LogP contribution is -1.89. The highest BCUT2D eigenvalue weighted by Gasteiger charge is 2.21. The zero-order chi connectivity index (χ0) is 22.0. The van der Waals surface area contributed by atoms with Gasteiger partial charge >= 0.3 is 0 Å². The van der Waals surface area contributed by atoms with Crippen LogP contribution in [-0.2, 0) is 0 Å². The summed E-state index contributed by atoms with van der Waals surface area (Å²) in [5.41, 5.74) is 7.73. The number of aromatic nitrogens is 3. The molecule has 0 radical (unpaired) electrons. The first kappa shape index (κ1) is 16.9. The maximum Gasteiger partial charge on any atom is 0.165 e. The Morgan fingerprint density at radius 2 is 1.29 bits per heavy atom. The van der Waals surface area contributed by atoms with E-state index in [0.717, 1.165) is 55.0 Å². The van der Waals surface area contributed by atoms with Crippen LogP contribution >= 0.6 is 0 Å². The molecule has 4 heterocycles. The summed E-state index contributed by atoms with van der Waals surface area (Å²) in [7, 11) is 0. The molecule has 0 N–H and O–H groups in total. The Hall–Kier alpha value is -4.70. The predicted octanol–water partition coefficient (Wildman–Crippen LogP) is 7.83. The molecular weight excluding hydrogens is 418 g/mol. The molecule has 9 aromatic rings. The zero-order valence-corrected chi connectivity index (χ0v) is 17.9. The summed E-state index contributed by atoms with van der Waals surface area (Å²) in [5, 5.41) is 8.20. The quantitative estimate of drug-likeness (QED) is 0.229. The molecular formula is C30H15N3O. The maximum absolute atomic E-state index is 6.23. The average Bonchev–Trinajstić information content (AvgIpc) is 3.51. The van der Waals surface area contributed by atoms with Crippen LogP contribution in [0.4, 0.5) is 0 Å². The van der Waals surface area contributed by atoms with Gasteiger partial charge in [0.2, 0.25) is 0 Å². The molecule has 4 heteroatoms.